The van der Waals surface area contributed by atoms with Crippen molar-refractivity contribution in [3.05, 3.63) is 15.8 Å². The van der Waals surface area contributed by atoms with Gasteiger partial charge in [-0.3, -0.25) is 4.90 Å². The van der Waals surface area contributed by atoms with Crippen LogP contribution in [0.1, 0.15) is 27.2 Å². The minimum Gasteiger partial charge on any atom is -0.443 e. The molecule has 1 aliphatic rings. The lowest BCUT2D eigenvalue weighted by molar-refractivity contribution is 0.0589. The van der Waals surface area contributed by atoms with Crippen molar-refractivity contribution in [1.82, 2.24) is 4.98 Å². The maximum atomic E-state index is 12.2. The SMILES string of the molecule is CN(C(=O)OC(C)(C)C)c1cnc(N2C[C@@H](O)C[C@@H]2CO)cc1I. The summed E-state index contributed by atoms with van der Waals surface area (Å²) in [6.45, 7) is 5.86. The fourth-order valence-corrected chi connectivity index (χ4v) is 3.37. The fourth-order valence-electron chi connectivity index (χ4n) is 2.59. The van der Waals surface area contributed by atoms with Crippen LogP contribution in [-0.4, -0.2) is 59.2 Å². The molecule has 2 atom stereocenters. The molecule has 2 heterocycles. The van der Waals surface area contributed by atoms with E-state index in [1.54, 1.807) is 13.2 Å². The molecule has 0 saturated carbocycles. The minimum atomic E-state index is -0.565. The number of anilines is 2. The second-order valence-corrected chi connectivity index (χ2v) is 8.07. The Balaban J connectivity index is 2.19. The molecule has 1 aliphatic heterocycles. The highest BCUT2D eigenvalue weighted by atomic mass is 127. The topological polar surface area (TPSA) is 86.1 Å². The average Bonchev–Trinajstić information content (AvgIpc) is 2.85. The van der Waals surface area contributed by atoms with E-state index in [1.165, 1.54) is 4.90 Å². The van der Waals surface area contributed by atoms with Gasteiger partial charge >= 0.3 is 6.09 Å². The smallest absolute Gasteiger partial charge is 0.414 e. The molecule has 0 aliphatic carbocycles. The molecule has 0 radical (unpaired) electrons. The van der Waals surface area contributed by atoms with Gasteiger partial charge in [-0.05, 0) is 55.8 Å². The largest absolute Gasteiger partial charge is 0.443 e. The number of nitrogens with zero attached hydrogens (tertiary/aromatic N) is 3. The molecule has 0 unspecified atom stereocenters. The van der Waals surface area contributed by atoms with E-state index < -0.39 is 17.8 Å². The number of β-amino-alcohol motifs (C(OH)–C–C–N with tert-alkyl or cyclic N) is 1. The third kappa shape index (κ3) is 4.48. The summed E-state index contributed by atoms with van der Waals surface area (Å²) in [6, 6.07) is 1.70. The third-order valence-electron chi connectivity index (χ3n) is 3.75. The van der Waals surface area contributed by atoms with Crippen molar-refractivity contribution < 1.29 is 19.7 Å². The van der Waals surface area contributed by atoms with Crippen molar-refractivity contribution in [2.24, 2.45) is 0 Å². The Bertz CT molecular complexity index is 605. The maximum absolute atomic E-state index is 12.2. The number of hydrogen-bond donors (Lipinski definition) is 2. The number of aliphatic hydroxyl groups excluding tert-OH is 2. The van der Waals surface area contributed by atoms with Gasteiger partial charge in [-0.1, -0.05) is 0 Å². The van der Waals surface area contributed by atoms with Crippen LogP contribution in [0.2, 0.25) is 0 Å². The number of rotatable bonds is 3. The van der Waals surface area contributed by atoms with Crippen molar-refractivity contribution in [3.8, 4) is 0 Å². The zero-order valence-corrected chi connectivity index (χ0v) is 16.5. The van der Waals surface area contributed by atoms with Crippen LogP contribution in [0.4, 0.5) is 16.3 Å². The second-order valence-electron chi connectivity index (χ2n) is 6.91. The summed E-state index contributed by atoms with van der Waals surface area (Å²) in [5.74, 6) is 0.677. The summed E-state index contributed by atoms with van der Waals surface area (Å²) < 4.78 is 6.20. The highest BCUT2D eigenvalue weighted by molar-refractivity contribution is 14.1. The summed E-state index contributed by atoms with van der Waals surface area (Å²) in [7, 11) is 1.64. The average molecular weight is 449 g/mol. The van der Waals surface area contributed by atoms with E-state index in [-0.39, 0.29) is 12.6 Å². The van der Waals surface area contributed by atoms with E-state index in [1.807, 2.05) is 31.7 Å². The lowest BCUT2D eigenvalue weighted by Crippen LogP contribution is -2.35. The lowest BCUT2D eigenvalue weighted by Gasteiger charge is -2.27. The molecular formula is C16H24IN3O4. The number of carbonyl (C=O) groups is 1. The summed E-state index contributed by atoms with van der Waals surface area (Å²) in [4.78, 5) is 19.9. The van der Waals surface area contributed by atoms with E-state index in [0.717, 1.165) is 3.57 Å². The summed E-state index contributed by atoms with van der Waals surface area (Å²) in [5, 5.41) is 19.3. The normalized spacial score (nSPS) is 21.0. The van der Waals surface area contributed by atoms with Gasteiger partial charge < -0.3 is 19.8 Å². The first kappa shape index (κ1) is 19.2. The number of carbonyl (C=O) groups excluding carboxylic acids is 1. The Morgan fingerprint density at radius 3 is 2.75 bits per heavy atom. The standard InChI is InChI=1S/C16H24IN3O4/c1-16(2,3)24-15(23)19(4)13-7-18-14(6-12(13)17)20-8-11(22)5-10(20)9-21/h6-7,10-11,21-22H,5,8-9H2,1-4H3/t10-,11+/m1/s1. The van der Waals surface area contributed by atoms with Crippen LogP contribution in [0.5, 0.6) is 0 Å². The van der Waals surface area contributed by atoms with E-state index >= 15 is 0 Å². The van der Waals surface area contributed by atoms with Crippen LogP contribution in [0.3, 0.4) is 0 Å². The first-order valence-corrected chi connectivity index (χ1v) is 8.88. The number of hydrogen-bond acceptors (Lipinski definition) is 6. The van der Waals surface area contributed by atoms with E-state index in [2.05, 4.69) is 27.6 Å². The van der Waals surface area contributed by atoms with Crippen LogP contribution in [-0.2, 0) is 4.74 Å². The predicted molar refractivity (Wildman–Crippen MR) is 100 cm³/mol. The molecule has 1 fully saturated rings. The van der Waals surface area contributed by atoms with Gasteiger partial charge in [-0.25, -0.2) is 9.78 Å². The van der Waals surface area contributed by atoms with Gasteiger partial charge in [0.15, 0.2) is 0 Å². The number of ether oxygens (including phenoxy) is 1. The molecule has 8 heteroatoms. The summed E-state index contributed by atoms with van der Waals surface area (Å²) >= 11 is 2.14. The minimum absolute atomic E-state index is 0.0329. The summed E-state index contributed by atoms with van der Waals surface area (Å²) in [5.41, 5.74) is 0.0818. The van der Waals surface area contributed by atoms with Crippen LogP contribution in [0.25, 0.3) is 0 Å². The third-order valence-corrected chi connectivity index (χ3v) is 4.61. The molecule has 2 N–H and O–H groups in total. The Morgan fingerprint density at radius 2 is 2.21 bits per heavy atom. The van der Waals surface area contributed by atoms with Crippen molar-refractivity contribution in [3.63, 3.8) is 0 Å². The Kier molecular flexibility index (Phi) is 5.92. The van der Waals surface area contributed by atoms with E-state index in [4.69, 9.17) is 4.74 Å². The molecule has 7 nitrogen and oxygen atoms in total. The zero-order chi connectivity index (χ0) is 18.1. The van der Waals surface area contributed by atoms with Crippen LogP contribution >= 0.6 is 22.6 Å². The molecule has 1 amide bonds. The molecule has 1 aromatic rings. The molecule has 134 valence electrons. The number of pyridine rings is 1. The number of halogens is 1. The van der Waals surface area contributed by atoms with Gasteiger partial charge in [0, 0.05) is 17.2 Å². The highest BCUT2D eigenvalue weighted by Gasteiger charge is 2.32. The molecule has 0 aromatic carbocycles. The maximum Gasteiger partial charge on any atom is 0.414 e. The zero-order valence-electron chi connectivity index (χ0n) is 14.4. The fraction of sp³-hybridized carbons (Fsp3) is 0.625. The Labute approximate surface area is 155 Å². The van der Waals surface area contributed by atoms with Crippen LogP contribution < -0.4 is 9.80 Å². The molecule has 0 spiro atoms. The quantitative estimate of drug-likeness (QED) is 0.687. The van der Waals surface area contributed by atoms with Crippen LogP contribution in [0.15, 0.2) is 12.3 Å². The lowest BCUT2D eigenvalue weighted by atomic mass is 10.2. The molecule has 0 bridgehead atoms. The van der Waals surface area contributed by atoms with Crippen molar-refractivity contribution in [2.45, 2.75) is 44.9 Å². The van der Waals surface area contributed by atoms with Crippen molar-refractivity contribution >= 4 is 40.2 Å². The van der Waals surface area contributed by atoms with E-state index in [0.29, 0.717) is 24.5 Å². The van der Waals surface area contributed by atoms with Gasteiger partial charge in [0.25, 0.3) is 0 Å². The van der Waals surface area contributed by atoms with Crippen LogP contribution in [0, 0.1) is 3.57 Å². The first-order chi connectivity index (χ1) is 11.1. The van der Waals surface area contributed by atoms with Crippen molar-refractivity contribution in [2.75, 3.05) is 30.0 Å². The first-order valence-electron chi connectivity index (χ1n) is 7.80. The number of aliphatic hydroxyl groups is 2. The second kappa shape index (κ2) is 7.40. The molecule has 2 rings (SSSR count). The van der Waals surface area contributed by atoms with Gasteiger partial charge in [0.05, 0.1) is 30.6 Å². The van der Waals surface area contributed by atoms with Gasteiger partial charge in [-0.2, -0.15) is 0 Å². The molecule has 24 heavy (non-hydrogen) atoms. The van der Waals surface area contributed by atoms with E-state index in [9.17, 15) is 15.0 Å². The molecule has 1 aromatic heterocycles. The van der Waals surface area contributed by atoms with Gasteiger partial charge in [0.1, 0.15) is 11.4 Å². The van der Waals surface area contributed by atoms with Gasteiger partial charge in [-0.15, -0.1) is 0 Å². The molecule has 1 saturated heterocycles. The number of amides is 1. The molecular weight excluding hydrogens is 425 g/mol. The van der Waals surface area contributed by atoms with Gasteiger partial charge in [0.2, 0.25) is 0 Å². The number of aromatic nitrogens is 1. The predicted octanol–water partition coefficient (Wildman–Crippen LogP) is 1.99. The Morgan fingerprint density at radius 1 is 1.54 bits per heavy atom. The Hall–Kier alpha value is -1.13. The highest BCUT2D eigenvalue weighted by Crippen LogP contribution is 2.29. The monoisotopic (exact) mass is 449 g/mol. The van der Waals surface area contributed by atoms with Crippen molar-refractivity contribution in [1.29, 1.82) is 0 Å². The summed E-state index contributed by atoms with van der Waals surface area (Å²) in [6.07, 6.45) is 1.22.